The molecule has 3 aliphatic heterocycles. The fourth-order valence-corrected chi connectivity index (χ4v) is 6.69. The van der Waals surface area contributed by atoms with E-state index in [0.29, 0.717) is 19.0 Å². The maximum absolute atomic E-state index is 12.3. The third-order valence-electron chi connectivity index (χ3n) is 7.43. The Morgan fingerprint density at radius 3 is 2.55 bits per heavy atom. The number of rotatable bonds is 7. The molecule has 3 aromatic carbocycles. The fourth-order valence-electron chi connectivity index (χ4n) is 5.32. The predicted octanol–water partition coefficient (Wildman–Crippen LogP) is 4.73. The van der Waals surface area contributed by atoms with Crippen LogP contribution in [0, 0.1) is 0 Å². The number of thioether (sulfide) groups is 1. The molecule has 0 bridgehead atoms. The molecule has 1 fully saturated rings. The molecule has 1 saturated heterocycles. The van der Waals surface area contributed by atoms with Crippen LogP contribution in [0.25, 0.3) is 0 Å². The van der Waals surface area contributed by atoms with E-state index in [-0.39, 0.29) is 11.2 Å². The summed E-state index contributed by atoms with van der Waals surface area (Å²) in [5.41, 5.74) is 5.30. The Balaban J connectivity index is 1.08. The Labute approximate surface area is 227 Å². The highest BCUT2D eigenvalue weighted by Gasteiger charge is 2.27. The lowest BCUT2D eigenvalue weighted by Crippen LogP contribution is -2.46. The number of fused-ring (bicyclic) bond motifs is 3. The lowest BCUT2D eigenvalue weighted by molar-refractivity contribution is 0.0600. The molecule has 8 heteroatoms. The van der Waals surface area contributed by atoms with Gasteiger partial charge in [0.1, 0.15) is 12.4 Å². The number of esters is 1. The van der Waals surface area contributed by atoms with Gasteiger partial charge < -0.3 is 18.9 Å². The van der Waals surface area contributed by atoms with E-state index in [0.717, 1.165) is 67.8 Å². The summed E-state index contributed by atoms with van der Waals surface area (Å²) in [5.74, 6) is 3.19. The van der Waals surface area contributed by atoms with Crippen molar-refractivity contribution in [2.24, 2.45) is 0 Å². The van der Waals surface area contributed by atoms with Gasteiger partial charge >= 0.3 is 5.97 Å². The van der Waals surface area contributed by atoms with Crippen LogP contribution in [-0.2, 0) is 17.9 Å². The smallest absolute Gasteiger partial charge is 0.337 e. The number of ether oxygens (including phenoxy) is 4. The molecule has 7 nitrogen and oxygen atoms in total. The van der Waals surface area contributed by atoms with Crippen molar-refractivity contribution in [1.29, 1.82) is 0 Å². The van der Waals surface area contributed by atoms with Gasteiger partial charge in [-0.2, -0.15) is 0 Å². The van der Waals surface area contributed by atoms with Crippen LogP contribution in [0.1, 0.15) is 37.9 Å². The van der Waals surface area contributed by atoms with Crippen molar-refractivity contribution in [3.05, 3.63) is 88.5 Å². The summed E-state index contributed by atoms with van der Waals surface area (Å²) < 4.78 is 22.1. The van der Waals surface area contributed by atoms with Gasteiger partial charge in [0.25, 0.3) is 0 Å². The second-order valence-corrected chi connectivity index (χ2v) is 11.0. The zero-order valence-corrected chi connectivity index (χ0v) is 22.4. The molecule has 0 N–H and O–H groups in total. The van der Waals surface area contributed by atoms with Crippen molar-refractivity contribution in [2.45, 2.75) is 18.4 Å². The molecule has 0 aromatic heterocycles. The Morgan fingerprint density at radius 2 is 1.68 bits per heavy atom. The molecule has 198 valence electrons. The third-order valence-corrected chi connectivity index (χ3v) is 8.69. The van der Waals surface area contributed by atoms with Gasteiger partial charge in [-0.3, -0.25) is 9.80 Å². The molecule has 0 spiro atoms. The van der Waals surface area contributed by atoms with Crippen LogP contribution in [-0.4, -0.2) is 68.1 Å². The predicted molar refractivity (Wildman–Crippen MR) is 147 cm³/mol. The van der Waals surface area contributed by atoms with Crippen molar-refractivity contribution >= 4 is 17.7 Å². The van der Waals surface area contributed by atoms with Crippen molar-refractivity contribution in [3.8, 4) is 17.2 Å². The van der Waals surface area contributed by atoms with Crippen molar-refractivity contribution in [1.82, 2.24) is 9.80 Å². The number of hydrogen-bond acceptors (Lipinski definition) is 8. The number of carbonyl (C=O) groups is 1. The zero-order chi connectivity index (χ0) is 25.9. The lowest BCUT2D eigenvalue weighted by atomic mass is 9.98. The molecule has 0 radical (unpaired) electrons. The molecular weight excluding hydrogens is 500 g/mol. The topological polar surface area (TPSA) is 60.5 Å². The maximum atomic E-state index is 12.3. The molecule has 3 aromatic rings. The molecule has 1 unspecified atom stereocenters. The number of benzene rings is 3. The average molecular weight is 533 g/mol. The first-order chi connectivity index (χ1) is 18.7. The van der Waals surface area contributed by atoms with Gasteiger partial charge in [0.05, 0.1) is 17.9 Å². The fraction of sp³-hybridized carbons (Fsp3) is 0.367. The second-order valence-electron chi connectivity index (χ2n) is 9.79. The number of methoxy groups -OCH3 is 1. The van der Waals surface area contributed by atoms with E-state index in [1.807, 2.05) is 30.0 Å². The SMILES string of the molecule is COC(=O)c1ccc2c(c1)C(SCCN1CCN(Cc3ccc4c(c3)OCO4)CC1)c1ccccc1CO2. The van der Waals surface area contributed by atoms with Crippen molar-refractivity contribution < 1.29 is 23.7 Å². The summed E-state index contributed by atoms with van der Waals surface area (Å²) in [6.07, 6.45) is 0. The van der Waals surface area contributed by atoms with Crippen LogP contribution in [0.3, 0.4) is 0 Å². The molecule has 6 rings (SSSR count). The zero-order valence-electron chi connectivity index (χ0n) is 21.6. The highest BCUT2D eigenvalue weighted by atomic mass is 32.2. The van der Waals surface area contributed by atoms with Crippen LogP contribution >= 0.6 is 11.8 Å². The molecule has 0 saturated carbocycles. The number of nitrogens with zero attached hydrogens (tertiary/aromatic N) is 2. The van der Waals surface area contributed by atoms with Crippen molar-refractivity contribution in [3.63, 3.8) is 0 Å². The van der Waals surface area contributed by atoms with Crippen LogP contribution in [0.2, 0.25) is 0 Å². The third kappa shape index (κ3) is 5.34. The Kier molecular flexibility index (Phi) is 7.44. The van der Waals surface area contributed by atoms with Crippen LogP contribution in [0.15, 0.2) is 60.7 Å². The van der Waals surface area contributed by atoms with E-state index < -0.39 is 0 Å². The summed E-state index contributed by atoms with van der Waals surface area (Å²) in [4.78, 5) is 17.3. The molecule has 3 aliphatic rings. The van der Waals surface area contributed by atoms with E-state index in [9.17, 15) is 4.79 Å². The minimum atomic E-state index is -0.326. The van der Waals surface area contributed by atoms with Gasteiger partial charge in [-0.25, -0.2) is 4.79 Å². The lowest BCUT2D eigenvalue weighted by Gasteiger charge is -2.35. The van der Waals surface area contributed by atoms with Gasteiger partial charge in [0.15, 0.2) is 11.5 Å². The average Bonchev–Trinajstić information content (AvgIpc) is 3.37. The van der Waals surface area contributed by atoms with Crippen LogP contribution < -0.4 is 14.2 Å². The minimum Gasteiger partial charge on any atom is -0.489 e. The standard InChI is InChI=1S/C30H32N2O5S/c1-34-30(33)22-7-9-26-25(17-22)29(24-5-3-2-4-23(24)19-35-26)38-15-14-31-10-12-32(13-11-31)18-21-6-8-27-28(16-21)37-20-36-27/h2-9,16-17,29H,10-15,18-20H2,1H3. The summed E-state index contributed by atoms with van der Waals surface area (Å²) in [5, 5.41) is 0.0978. The summed E-state index contributed by atoms with van der Waals surface area (Å²) in [7, 11) is 1.42. The number of piperazine rings is 1. The Hall–Kier alpha value is -3.20. The van der Waals surface area contributed by atoms with Crippen molar-refractivity contribution in [2.75, 3.05) is 52.4 Å². The van der Waals surface area contributed by atoms with Gasteiger partial charge in [-0.05, 0) is 47.0 Å². The van der Waals surface area contributed by atoms with E-state index in [2.05, 4.69) is 46.2 Å². The van der Waals surface area contributed by atoms with Crippen LogP contribution in [0.4, 0.5) is 0 Å². The van der Waals surface area contributed by atoms with E-state index >= 15 is 0 Å². The summed E-state index contributed by atoms with van der Waals surface area (Å²) in [6, 6.07) is 20.3. The molecule has 3 heterocycles. The first-order valence-corrected chi connectivity index (χ1v) is 14.1. The molecule has 0 aliphatic carbocycles. The van der Waals surface area contributed by atoms with E-state index in [4.69, 9.17) is 18.9 Å². The van der Waals surface area contributed by atoms with Crippen LogP contribution in [0.5, 0.6) is 17.2 Å². The minimum absolute atomic E-state index is 0.0978. The van der Waals surface area contributed by atoms with E-state index in [1.54, 1.807) is 6.07 Å². The van der Waals surface area contributed by atoms with Gasteiger partial charge in [0.2, 0.25) is 6.79 Å². The number of carbonyl (C=O) groups excluding carboxylic acids is 1. The van der Waals surface area contributed by atoms with Gasteiger partial charge in [-0.15, -0.1) is 11.8 Å². The normalized spacial score (nSPS) is 18.7. The highest BCUT2D eigenvalue weighted by molar-refractivity contribution is 7.99. The van der Waals surface area contributed by atoms with Gasteiger partial charge in [-0.1, -0.05) is 30.3 Å². The number of hydrogen-bond donors (Lipinski definition) is 0. The monoisotopic (exact) mass is 532 g/mol. The first kappa shape index (κ1) is 25.1. The Bertz CT molecular complexity index is 1310. The van der Waals surface area contributed by atoms with E-state index in [1.165, 1.54) is 23.8 Å². The largest absolute Gasteiger partial charge is 0.489 e. The summed E-state index contributed by atoms with van der Waals surface area (Å²) >= 11 is 1.92. The maximum Gasteiger partial charge on any atom is 0.337 e. The highest BCUT2D eigenvalue weighted by Crippen LogP contribution is 2.44. The molecule has 38 heavy (non-hydrogen) atoms. The quantitative estimate of drug-likeness (QED) is 0.405. The molecular formula is C30H32N2O5S. The second kappa shape index (κ2) is 11.3. The Morgan fingerprint density at radius 1 is 0.895 bits per heavy atom. The van der Waals surface area contributed by atoms with Gasteiger partial charge in [0, 0.05) is 50.6 Å². The first-order valence-electron chi connectivity index (χ1n) is 13.1. The summed E-state index contributed by atoms with van der Waals surface area (Å²) in [6.45, 7) is 6.99. The molecule has 0 amide bonds. The molecule has 1 atom stereocenters.